The zero-order valence-electron chi connectivity index (χ0n) is 10.8. The lowest BCUT2D eigenvalue weighted by Gasteiger charge is -2.21. The highest BCUT2D eigenvalue weighted by Gasteiger charge is 2.39. The SMILES string of the molecule is CC1=CC2C(Oc3ccccc3C)C(C)=NN2N1. The van der Waals surface area contributed by atoms with Crippen molar-refractivity contribution in [3.8, 4) is 5.75 Å². The van der Waals surface area contributed by atoms with Crippen molar-refractivity contribution < 1.29 is 4.74 Å². The average Bonchev–Trinajstić information content (AvgIpc) is 2.80. The molecule has 1 aromatic rings. The smallest absolute Gasteiger partial charge is 0.166 e. The van der Waals surface area contributed by atoms with Gasteiger partial charge in [0.05, 0.1) is 5.71 Å². The molecule has 94 valence electrons. The molecule has 4 heteroatoms. The number of ether oxygens (including phenoxy) is 1. The highest BCUT2D eigenvalue weighted by atomic mass is 16.5. The third-order valence-electron chi connectivity index (χ3n) is 3.33. The molecule has 0 amide bonds. The van der Waals surface area contributed by atoms with Gasteiger partial charge in [0.15, 0.2) is 6.10 Å². The second-order valence-corrected chi connectivity index (χ2v) is 4.84. The first-order valence-corrected chi connectivity index (χ1v) is 6.17. The van der Waals surface area contributed by atoms with E-state index >= 15 is 0 Å². The summed E-state index contributed by atoms with van der Waals surface area (Å²) in [6.45, 7) is 6.10. The van der Waals surface area contributed by atoms with Gasteiger partial charge in [-0.25, -0.2) is 0 Å². The Bertz CT molecular complexity index is 536. The maximum absolute atomic E-state index is 6.12. The Hall–Kier alpha value is -1.97. The number of nitrogens with one attached hydrogen (secondary N) is 1. The largest absolute Gasteiger partial charge is 0.481 e. The molecular formula is C14H17N3O. The molecule has 0 spiro atoms. The molecule has 0 aromatic heterocycles. The average molecular weight is 243 g/mol. The maximum atomic E-state index is 6.12. The molecule has 0 bridgehead atoms. The monoisotopic (exact) mass is 243 g/mol. The van der Waals surface area contributed by atoms with Gasteiger partial charge in [0, 0.05) is 5.70 Å². The van der Waals surface area contributed by atoms with Crippen molar-refractivity contribution in [1.82, 2.24) is 10.5 Å². The van der Waals surface area contributed by atoms with Gasteiger partial charge < -0.3 is 4.74 Å². The number of aryl methyl sites for hydroxylation is 1. The molecule has 0 radical (unpaired) electrons. The van der Waals surface area contributed by atoms with Crippen LogP contribution in [-0.2, 0) is 0 Å². The molecule has 2 unspecified atom stereocenters. The first-order chi connectivity index (χ1) is 8.65. The van der Waals surface area contributed by atoms with Gasteiger partial charge in [0.2, 0.25) is 0 Å². The van der Waals surface area contributed by atoms with Gasteiger partial charge in [-0.2, -0.15) is 10.2 Å². The van der Waals surface area contributed by atoms with Crippen molar-refractivity contribution in [2.24, 2.45) is 5.10 Å². The van der Waals surface area contributed by atoms with Crippen LogP contribution in [0.5, 0.6) is 5.75 Å². The maximum Gasteiger partial charge on any atom is 0.166 e. The number of benzene rings is 1. The predicted octanol–water partition coefficient (Wildman–Crippen LogP) is 2.22. The molecule has 1 N–H and O–H groups in total. The molecule has 4 nitrogen and oxygen atoms in total. The first-order valence-electron chi connectivity index (χ1n) is 6.17. The molecule has 0 saturated carbocycles. The molecule has 0 saturated heterocycles. The van der Waals surface area contributed by atoms with Crippen molar-refractivity contribution in [3.63, 3.8) is 0 Å². The minimum absolute atomic E-state index is 0.0175. The Morgan fingerprint density at radius 1 is 1.22 bits per heavy atom. The quantitative estimate of drug-likeness (QED) is 0.865. The van der Waals surface area contributed by atoms with Crippen LogP contribution < -0.4 is 10.2 Å². The van der Waals surface area contributed by atoms with Crippen molar-refractivity contribution >= 4 is 5.71 Å². The lowest BCUT2D eigenvalue weighted by molar-refractivity contribution is 0.148. The van der Waals surface area contributed by atoms with Gasteiger partial charge in [0.1, 0.15) is 11.8 Å². The highest BCUT2D eigenvalue weighted by molar-refractivity contribution is 5.89. The van der Waals surface area contributed by atoms with Gasteiger partial charge >= 0.3 is 0 Å². The van der Waals surface area contributed by atoms with Crippen LogP contribution in [0, 0.1) is 6.92 Å². The molecule has 2 atom stereocenters. The van der Waals surface area contributed by atoms with Gasteiger partial charge in [0.25, 0.3) is 0 Å². The van der Waals surface area contributed by atoms with Crippen molar-refractivity contribution in [2.75, 3.05) is 0 Å². The van der Waals surface area contributed by atoms with Crippen LogP contribution in [-0.4, -0.2) is 23.0 Å². The number of hydrogen-bond donors (Lipinski definition) is 1. The third-order valence-corrected chi connectivity index (χ3v) is 3.33. The van der Waals surface area contributed by atoms with Gasteiger partial charge in [-0.15, -0.1) is 0 Å². The number of hydrazine groups is 1. The lowest BCUT2D eigenvalue weighted by atomic mass is 10.1. The van der Waals surface area contributed by atoms with E-state index in [9.17, 15) is 0 Å². The topological polar surface area (TPSA) is 36.9 Å². The van der Waals surface area contributed by atoms with Gasteiger partial charge in [-0.1, -0.05) is 18.2 Å². The number of para-hydroxylation sites is 1. The third kappa shape index (κ3) is 1.74. The highest BCUT2D eigenvalue weighted by Crippen LogP contribution is 2.27. The van der Waals surface area contributed by atoms with Crippen LogP contribution in [0.15, 0.2) is 41.1 Å². The summed E-state index contributed by atoms with van der Waals surface area (Å²) in [6.07, 6.45) is 2.14. The van der Waals surface area contributed by atoms with Gasteiger partial charge in [-0.3, -0.25) is 5.43 Å². The fourth-order valence-electron chi connectivity index (χ4n) is 2.38. The van der Waals surface area contributed by atoms with Crippen molar-refractivity contribution in [3.05, 3.63) is 41.6 Å². The van der Waals surface area contributed by atoms with Crippen LogP contribution in [0.4, 0.5) is 0 Å². The van der Waals surface area contributed by atoms with Crippen molar-refractivity contribution in [2.45, 2.75) is 32.9 Å². The number of rotatable bonds is 2. The fraction of sp³-hybridized carbons (Fsp3) is 0.357. The summed E-state index contributed by atoms with van der Waals surface area (Å²) in [6, 6.07) is 8.23. The molecule has 2 aliphatic heterocycles. The van der Waals surface area contributed by atoms with E-state index in [2.05, 4.69) is 29.6 Å². The normalized spacial score (nSPS) is 25.4. The van der Waals surface area contributed by atoms with E-state index in [0.29, 0.717) is 0 Å². The van der Waals surface area contributed by atoms with E-state index in [0.717, 1.165) is 22.7 Å². The number of fused-ring (bicyclic) bond motifs is 1. The zero-order chi connectivity index (χ0) is 12.7. The Balaban J connectivity index is 1.85. The fourth-order valence-corrected chi connectivity index (χ4v) is 2.38. The predicted molar refractivity (Wildman–Crippen MR) is 71.2 cm³/mol. The van der Waals surface area contributed by atoms with Crippen LogP contribution in [0.2, 0.25) is 0 Å². The van der Waals surface area contributed by atoms with E-state index in [1.54, 1.807) is 0 Å². The Morgan fingerprint density at radius 3 is 2.78 bits per heavy atom. The summed E-state index contributed by atoms with van der Waals surface area (Å²) in [7, 11) is 0. The molecule has 0 fully saturated rings. The van der Waals surface area contributed by atoms with E-state index in [4.69, 9.17) is 4.74 Å². The first kappa shape index (κ1) is 11.1. The standard InChI is InChI=1S/C14H17N3O/c1-9-6-4-5-7-13(9)18-14-11(3)16-17-12(14)8-10(2)15-17/h4-8,12,14-15H,1-3H3. The van der Waals surface area contributed by atoms with Crippen molar-refractivity contribution in [1.29, 1.82) is 0 Å². The molecule has 18 heavy (non-hydrogen) atoms. The number of hydrogen-bond acceptors (Lipinski definition) is 4. The number of hydrazone groups is 1. The summed E-state index contributed by atoms with van der Waals surface area (Å²) >= 11 is 0. The number of allylic oxidation sites excluding steroid dienone is 1. The molecule has 0 aliphatic carbocycles. The second-order valence-electron chi connectivity index (χ2n) is 4.84. The Kier molecular flexibility index (Phi) is 2.51. The Labute approximate surface area is 107 Å². The molecule has 2 heterocycles. The van der Waals surface area contributed by atoms with E-state index in [1.807, 2.05) is 37.2 Å². The van der Waals surface area contributed by atoms with E-state index in [1.165, 1.54) is 0 Å². The summed E-state index contributed by atoms with van der Waals surface area (Å²) in [4.78, 5) is 0. The zero-order valence-corrected chi connectivity index (χ0v) is 10.8. The number of nitrogens with zero attached hydrogens (tertiary/aromatic N) is 2. The minimum atomic E-state index is -0.0175. The molecule has 3 rings (SSSR count). The van der Waals surface area contributed by atoms with Crippen LogP contribution in [0.3, 0.4) is 0 Å². The van der Waals surface area contributed by atoms with E-state index in [-0.39, 0.29) is 12.1 Å². The summed E-state index contributed by atoms with van der Waals surface area (Å²) < 4.78 is 6.12. The lowest BCUT2D eigenvalue weighted by Crippen LogP contribution is -2.39. The van der Waals surface area contributed by atoms with Gasteiger partial charge in [-0.05, 0) is 38.5 Å². The van der Waals surface area contributed by atoms with Crippen LogP contribution in [0.1, 0.15) is 19.4 Å². The summed E-state index contributed by atoms with van der Waals surface area (Å²) in [5.74, 6) is 0.928. The molecular weight excluding hydrogens is 226 g/mol. The summed E-state index contributed by atoms with van der Waals surface area (Å²) in [5.41, 5.74) is 6.47. The minimum Gasteiger partial charge on any atom is -0.481 e. The molecule has 1 aromatic carbocycles. The summed E-state index contributed by atoms with van der Waals surface area (Å²) in [5, 5.41) is 6.34. The van der Waals surface area contributed by atoms with Crippen LogP contribution in [0.25, 0.3) is 0 Å². The Morgan fingerprint density at radius 2 is 2.00 bits per heavy atom. The molecule has 2 aliphatic rings. The van der Waals surface area contributed by atoms with Crippen LogP contribution >= 0.6 is 0 Å². The second kappa shape index (κ2) is 4.05. The van der Waals surface area contributed by atoms with E-state index < -0.39 is 0 Å².